The van der Waals surface area contributed by atoms with E-state index in [4.69, 9.17) is 0 Å². The molecule has 0 aliphatic rings. The topological polar surface area (TPSA) is 3.24 Å². The zero-order chi connectivity index (χ0) is 33.7. The molecule has 10 aromatic rings. The molecule has 0 unspecified atom stereocenters. The molecule has 0 saturated carbocycles. The second kappa shape index (κ2) is 12.0. The Bertz CT molecular complexity index is 2910. The molecule has 0 atom stereocenters. The van der Waals surface area contributed by atoms with Gasteiger partial charge in [-0.05, 0) is 113 Å². The summed E-state index contributed by atoms with van der Waals surface area (Å²) in [7, 11) is 0. The molecule has 10 aromatic carbocycles. The van der Waals surface area contributed by atoms with Crippen molar-refractivity contribution in [3.63, 3.8) is 0 Å². The lowest BCUT2D eigenvalue weighted by Gasteiger charge is -2.27. The summed E-state index contributed by atoms with van der Waals surface area (Å²) in [6.45, 7) is 0. The third kappa shape index (κ3) is 4.94. The van der Waals surface area contributed by atoms with Gasteiger partial charge in [0.2, 0.25) is 0 Å². The first-order valence-electron chi connectivity index (χ1n) is 17.6. The minimum absolute atomic E-state index is 1.12. The first kappa shape index (κ1) is 29.2. The summed E-state index contributed by atoms with van der Waals surface area (Å²) in [5.74, 6) is 0. The molecule has 0 aliphatic heterocycles. The quantitative estimate of drug-likeness (QED) is 0.168. The summed E-state index contributed by atoms with van der Waals surface area (Å²) in [4.78, 5) is 2.42. The second-order valence-corrected chi connectivity index (χ2v) is 13.3. The molecular weight excluding hydrogens is 615 g/mol. The van der Waals surface area contributed by atoms with Crippen molar-refractivity contribution >= 4 is 70.9 Å². The molecule has 0 spiro atoms. The Hall–Kier alpha value is -6.70. The minimum atomic E-state index is 1.12. The van der Waals surface area contributed by atoms with Gasteiger partial charge in [-0.3, -0.25) is 0 Å². The summed E-state index contributed by atoms with van der Waals surface area (Å²) >= 11 is 0. The van der Waals surface area contributed by atoms with Crippen LogP contribution in [-0.4, -0.2) is 0 Å². The molecule has 0 aliphatic carbocycles. The average molecular weight is 648 g/mol. The molecule has 51 heavy (non-hydrogen) atoms. The molecule has 0 saturated heterocycles. The van der Waals surface area contributed by atoms with E-state index in [1.54, 1.807) is 0 Å². The highest BCUT2D eigenvalue weighted by molar-refractivity contribution is 6.22. The summed E-state index contributed by atoms with van der Waals surface area (Å²) in [5.41, 5.74) is 8.30. The van der Waals surface area contributed by atoms with Crippen LogP contribution in [0.3, 0.4) is 0 Å². The Kier molecular flexibility index (Phi) is 6.89. The SMILES string of the molecule is c1ccc(-c2c(-c3ccccc3)c3cc(N(c4ccc5ccccc5c4)c4ccc5c(ccc6ccccc65)c4)ccc3c3ccccc23)cc1. The normalized spacial score (nSPS) is 11.5. The Morgan fingerprint density at radius 1 is 0.235 bits per heavy atom. The van der Waals surface area contributed by atoms with Gasteiger partial charge >= 0.3 is 0 Å². The van der Waals surface area contributed by atoms with E-state index in [0.29, 0.717) is 0 Å². The molecule has 0 bridgehead atoms. The lowest BCUT2D eigenvalue weighted by atomic mass is 9.85. The van der Waals surface area contributed by atoms with Crippen molar-refractivity contribution in [2.75, 3.05) is 4.90 Å². The minimum Gasteiger partial charge on any atom is -0.310 e. The zero-order valence-corrected chi connectivity index (χ0v) is 28.0. The standard InChI is InChI=1S/C50H33N/c1-3-15-36(16-4-1)49-47-22-12-11-21-45(47)46-30-28-42(33-48(46)50(49)37-17-5-2-6-18-37)51(40-26-25-34-13-7-8-19-38(34)31-40)41-27-29-44-39(32-41)24-23-35-14-9-10-20-43(35)44/h1-33H. The van der Waals surface area contributed by atoms with Crippen LogP contribution in [0.2, 0.25) is 0 Å². The van der Waals surface area contributed by atoms with Crippen molar-refractivity contribution in [3.8, 4) is 22.3 Å². The summed E-state index contributed by atoms with van der Waals surface area (Å²) in [5, 5.41) is 12.5. The lowest BCUT2D eigenvalue weighted by molar-refractivity contribution is 1.30. The fourth-order valence-electron chi connectivity index (χ4n) is 8.03. The Morgan fingerprint density at radius 3 is 1.39 bits per heavy atom. The molecule has 0 aromatic heterocycles. The fourth-order valence-corrected chi connectivity index (χ4v) is 8.03. The van der Waals surface area contributed by atoms with E-state index in [-0.39, 0.29) is 0 Å². The van der Waals surface area contributed by atoms with Crippen molar-refractivity contribution in [1.29, 1.82) is 0 Å². The number of nitrogens with zero attached hydrogens (tertiary/aromatic N) is 1. The van der Waals surface area contributed by atoms with Crippen LogP contribution in [0.4, 0.5) is 17.1 Å². The summed E-state index contributed by atoms with van der Waals surface area (Å²) in [6, 6.07) is 73.2. The van der Waals surface area contributed by atoms with Crippen LogP contribution in [0.25, 0.3) is 76.1 Å². The Labute approximate surface area is 297 Å². The van der Waals surface area contributed by atoms with E-state index < -0.39 is 0 Å². The first-order valence-corrected chi connectivity index (χ1v) is 17.6. The van der Waals surface area contributed by atoms with Crippen molar-refractivity contribution in [2.45, 2.75) is 0 Å². The van der Waals surface area contributed by atoms with E-state index in [9.17, 15) is 0 Å². The van der Waals surface area contributed by atoms with Crippen LogP contribution < -0.4 is 4.90 Å². The van der Waals surface area contributed by atoms with Gasteiger partial charge in [-0.1, -0.05) is 164 Å². The van der Waals surface area contributed by atoms with Crippen LogP contribution >= 0.6 is 0 Å². The van der Waals surface area contributed by atoms with Crippen molar-refractivity contribution in [2.24, 2.45) is 0 Å². The van der Waals surface area contributed by atoms with Crippen molar-refractivity contribution in [1.82, 2.24) is 0 Å². The van der Waals surface area contributed by atoms with Crippen LogP contribution in [0, 0.1) is 0 Å². The molecule has 0 radical (unpaired) electrons. The number of benzene rings is 10. The highest BCUT2D eigenvalue weighted by Crippen LogP contribution is 2.47. The van der Waals surface area contributed by atoms with Crippen LogP contribution in [-0.2, 0) is 0 Å². The van der Waals surface area contributed by atoms with Gasteiger partial charge in [0.15, 0.2) is 0 Å². The molecule has 1 nitrogen and oxygen atoms in total. The maximum absolute atomic E-state index is 2.42. The highest BCUT2D eigenvalue weighted by atomic mass is 15.1. The molecule has 0 fully saturated rings. The zero-order valence-electron chi connectivity index (χ0n) is 28.0. The summed E-state index contributed by atoms with van der Waals surface area (Å²) < 4.78 is 0. The van der Waals surface area contributed by atoms with Crippen LogP contribution in [0.1, 0.15) is 0 Å². The largest absolute Gasteiger partial charge is 0.310 e. The van der Waals surface area contributed by atoms with Gasteiger partial charge in [-0.15, -0.1) is 0 Å². The molecule has 1 heteroatoms. The van der Waals surface area contributed by atoms with Gasteiger partial charge in [-0.25, -0.2) is 0 Å². The lowest BCUT2D eigenvalue weighted by Crippen LogP contribution is -2.10. The van der Waals surface area contributed by atoms with Crippen molar-refractivity contribution < 1.29 is 0 Å². The molecule has 238 valence electrons. The number of hydrogen-bond donors (Lipinski definition) is 0. The van der Waals surface area contributed by atoms with E-state index in [1.165, 1.54) is 76.1 Å². The molecule has 0 heterocycles. The predicted molar refractivity (Wildman–Crippen MR) is 220 cm³/mol. The Balaban J connectivity index is 1.28. The van der Waals surface area contributed by atoms with Gasteiger partial charge in [0, 0.05) is 17.1 Å². The maximum Gasteiger partial charge on any atom is 0.0468 e. The van der Waals surface area contributed by atoms with E-state index in [0.717, 1.165) is 17.1 Å². The average Bonchev–Trinajstić information content (AvgIpc) is 3.21. The van der Waals surface area contributed by atoms with E-state index >= 15 is 0 Å². The van der Waals surface area contributed by atoms with E-state index in [1.807, 2.05) is 0 Å². The van der Waals surface area contributed by atoms with Gasteiger partial charge in [0.1, 0.15) is 0 Å². The number of hydrogen-bond acceptors (Lipinski definition) is 1. The second-order valence-electron chi connectivity index (χ2n) is 13.3. The number of fused-ring (bicyclic) bond motifs is 7. The maximum atomic E-state index is 2.42. The van der Waals surface area contributed by atoms with Crippen LogP contribution in [0.15, 0.2) is 200 Å². The van der Waals surface area contributed by atoms with Crippen LogP contribution in [0.5, 0.6) is 0 Å². The smallest absolute Gasteiger partial charge is 0.0468 e. The number of rotatable bonds is 5. The number of anilines is 3. The van der Waals surface area contributed by atoms with Crippen molar-refractivity contribution in [3.05, 3.63) is 200 Å². The van der Waals surface area contributed by atoms with Gasteiger partial charge < -0.3 is 4.90 Å². The molecular formula is C50H33N. The van der Waals surface area contributed by atoms with E-state index in [2.05, 4.69) is 205 Å². The molecule has 10 rings (SSSR count). The third-order valence-corrected chi connectivity index (χ3v) is 10.4. The monoisotopic (exact) mass is 647 g/mol. The van der Waals surface area contributed by atoms with Gasteiger partial charge in [0.25, 0.3) is 0 Å². The highest BCUT2D eigenvalue weighted by Gasteiger charge is 2.20. The third-order valence-electron chi connectivity index (χ3n) is 10.4. The fraction of sp³-hybridized carbons (Fsp3) is 0. The molecule has 0 amide bonds. The van der Waals surface area contributed by atoms with Gasteiger partial charge in [0.05, 0.1) is 0 Å². The molecule has 0 N–H and O–H groups in total. The first-order chi connectivity index (χ1) is 25.3. The summed E-state index contributed by atoms with van der Waals surface area (Å²) in [6.07, 6.45) is 0. The Morgan fingerprint density at radius 2 is 0.667 bits per heavy atom. The predicted octanol–water partition coefficient (Wildman–Crippen LogP) is 14.3. The van der Waals surface area contributed by atoms with Gasteiger partial charge in [-0.2, -0.15) is 0 Å².